The summed E-state index contributed by atoms with van der Waals surface area (Å²) in [4.78, 5) is 34.0. The van der Waals surface area contributed by atoms with Crippen LogP contribution in [0.15, 0.2) is 5.38 Å². The number of carbonyl (C=O) groups is 2. The third kappa shape index (κ3) is 4.55. The van der Waals surface area contributed by atoms with E-state index in [2.05, 4.69) is 20.6 Å². The van der Waals surface area contributed by atoms with Crippen molar-refractivity contribution in [2.24, 2.45) is 5.92 Å². The highest BCUT2D eigenvalue weighted by atomic mass is 32.1. The quantitative estimate of drug-likeness (QED) is 0.855. The van der Waals surface area contributed by atoms with Gasteiger partial charge in [-0.05, 0) is 46.0 Å². The summed E-state index contributed by atoms with van der Waals surface area (Å²) in [6.07, 6.45) is 5.30. The highest BCUT2D eigenvalue weighted by Gasteiger charge is 2.34. The Bertz CT molecular complexity index is 625. The van der Waals surface area contributed by atoms with E-state index in [0.29, 0.717) is 13.0 Å². The molecular weight excluding hydrogens is 348 g/mol. The molecule has 0 saturated carbocycles. The average Bonchev–Trinajstić information content (AvgIpc) is 3.08. The minimum Gasteiger partial charge on any atom is -0.356 e. The molecule has 1 aromatic rings. The van der Waals surface area contributed by atoms with Crippen LogP contribution in [-0.4, -0.2) is 53.9 Å². The van der Waals surface area contributed by atoms with E-state index in [1.54, 1.807) is 11.3 Å². The molecule has 2 saturated heterocycles. The van der Waals surface area contributed by atoms with Crippen molar-refractivity contribution in [1.82, 2.24) is 15.2 Å². The molecule has 3 heterocycles. The highest BCUT2D eigenvalue weighted by Crippen LogP contribution is 2.29. The minimum atomic E-state index is 0.0613. The fraction of sp³-hybridized carbons (Fsp3) is 0.737. The largest absolute Gasteiger partial charge is 0.356 e. The van der Waals surface area contributed by atoms with Crippen molar-refractivity contribution in [1.29, 1.82) is 0 Å². The zero-order chi connectivity index (χ0) is 18.5. The summed E-state index contributed by atoms with van der Waals surface area (Å²) in [6, 6.07) is 0.0717. The normalized spacial score (nSPS) is 21.7. The molecule has 6 nitrogen and oxygen atoms in total. The molecule has 1 aromatic heterocycles. The van der Waals surface area contributed by atoms with Crippen LogP contribution >= 0.6 is 11.3 Å². The second-order valence-electron chi connectivity index (χ2n) is 7.37. The number of thiazole rings is 1. The van der Waals surface area contributed by atoms with Gasteiger partial charge in [0.2, 0.25) is 11.8 Å². The fourth-order valence-corrected chi connectivity index (χ4v) is 4.88. The molecule has 7 heteroatoms. The molecule has 1 atom stereocenters. The fourth-order valence-electron chi connectivity index (χ4n) is 4.03. The maximum atomic E-state index is 13.1. The van der Waals surface area contributed by atoms with Gasteiger partial charge in [-0.3, -0.25) is 9.59 Å². The van der Waals surface area contributed by atoms with Gasteiger partial charge < -0.3 is 15.1 Å². The van der Waals surface area contributed by atoms with E-state index in [9.17, 15) is 9.59 Å². The van der Waals surface area contributed by atoms with Crippen LogP contribution < -0.4 is 10.2 Å². The molecule has 0 bridgehead atoms. The van der Waals surface area contributed by atoms with Gasteiger partial charge in [-0.1, -0.05) is 0 Å². The standard InChI is InChI=1S/C19H30N4O2S/c1-3-20-17(24)12-16-6-4-5-9-23(16)18(25)15-7-10-22(11-8-15)19-21-14(2)13-26-19/h13,15-16H,3-12H2,1-2H3,(H,20,24)/t16-/m1/s1. The van der Waals surface area contributed by atoms with E-state index in [1.807, 2.05) is 18.7 Å². The van der Waals surface area contributed by atoms with Crippen molar-refractivity contribution in [2.75, 3.05) is 31.1 Å². The lowest BCUT2D eigenvalue weighted by Crippen LogP contribution is -2.50. The molecule has 2 aliphatic heterocycles. The third-order valence-corrected chi connectivity index (χ3v) is 6.45. The Kier molecular flexibility index (Phi) is 6.51. The molecular formula is C19H30N4O2S. The van der Waals surface area contributed by atoms with E-state index in [4.69, 9.17) is 0 Å². The number of nitrogens with one attached hydrogen (secondary N) is 1. The Hall–Kier alpha value is -1.63. The second kappa shape index (κ2) is 8.84. The van der Waals surface area contributed by atoms with E-state index in [0.717, 1.165) is 62.6 Å². The summed E-state index contributed by atoms with van der Waals surface area (Å²) < 4.78 is 0. The van der Waals surface area contributed by atoms with E-state index >= 15 is 0 Å². The van der Waals surface area contributed by atoms with Crippen molar-refractivity contribution in [2.45, 2.75) is 58.4 Å². The molecule has 1 N–H and O–H groups in total. The van der Waals surface area contributed by atoms with Crippen LogP contribution in [0.1, 0.15) is 51.1 Å². The molecule has 26 heavy (non-hydrogen) atoms. The maximum Gasteiger partial charge on any atom is 0.226 e. The number of carbonyl (C=O) groups excluding carboxylic acids is 2. The molecule has 0 unspecified atom stereocenters. The molecule has 0 radical (unpaired) electrons. The van der Waals surface area contributed by atoms with Gasteiger partial charge in [0.25, 0.3) is 0 Å². The van der Waals surface area contributed by atoms with E-state index < -0.39 is 0 Å². The summed E-state index contributed by atoms with van der Waals surface area (Å²) >= 11 is 1.68. The Morgan fingerprint density at radius 3 is 2.65 bits per heavy atom. The topological polar surface area (TPSA) is 65.5 Å². The zero-order valence-electron chi connectivity index (χ0n) is 15.9. The van der Waals surface area contributed by atoms with Gasteiger partial charge in [0.1, 0.15) is 0 Å². The summed E-state index contributed by atoms with van der Waals surface area (Å²) in [5.74, 6) is 0.405. The van der Waals surface area contributed by atoms with Gasteiger partial charge in [0.05, 0.1) is 5.69 Å². The number of aryl methyl sites for hydroxylation is 1. The molecule has 2 aliphatic rings. The smallest absolute Gasteiger partial charge is 0.226 e. The lowest BCUT2D eigenvalue weighted by Gasteiger charge is -2.39. The van der Waals surface area contributed by atoms with Crippen LogP contribution in [0.25, 0.3) is 0 Å². The average molecular weight is 379 g/mol. The lowest BCUT2D eigenvalue weighted by atomic mass is 9.91. The highest BCUT2D eigenvalue weighted by molar-refractivity contribution is 7.13. The number of hydrogen-bond donors (Lipinski definition) is 1. The van der Waals surface area contributed by atoms with Crippen molar-refractivity contribution < 1.29 is 9.59 Å². The van der Waals surface area contributed by atoms with Crippen LogP contribution in [0, 0.1) is 12.8 Å². The number of likely N-dealkylation sites (tertiary alicyclic amines) is 1. The number of anilines is 1. The predicted octanol–water partition coefficient (Wildman–Crippen LogP) is 2.58. The molecule has 0 aliphatic carbocycles. The van der Waals surface area contributed by atoms with Gasteiger partial charge in [0.15, 0.2) is 5.13 Å². The number of nitrogens with zero attached hydrogens (tertiary/aromatic N) is 3. The van der Waals surface area contributed by atoms with Crippen LogP contribution in [0.3, 0.4) is 0 Å². The first-order chi connectivity index (χ1) is 12.6. The van der Waals surface area contributed by atoms with Gasteiger partial charge in [-0.2, -0.15) is 0 Å². The molecule has 2 amide bonds. The number of amides is 2. The van der Waals surface area contributed by atoms with Gasteiger partial charge in [-0.15, -0.1) is 11.3 Å². The Balaban J connectivity index is 1.56. The number of rotatable bonds is 5. The van der Waals surface area contributed by atoms with E-state index in [-0.39, 0.29) is 23.8 Å². The Morgan fingerprint density at radius 2 is 2.00 bits per heavy atom. The summed E-state index contributed by atoms with van der Waals surface area (Å²) in [5.41, 5.74) is 1.06. The second-order valence-corrected chi connectivity index (χ2v) is 8.21. The van der Waals surface area contributed by atoms with Gasteiger partial charge >= 0.3 is 0 Å². The number of hydrogen-bond acceptors (Lipinski definition) is 5. The van der Waals surface area contributed by atoms with Crippen molar-refractivity contribution in [3.05, 3.63) is 11.1 Å². The SMILES string of the molecule is CCNC(=O)C[C@H]1CCCCN1C(=O)C1CCN(c2nc(C)cs2)CC1. The van der Waals surface area contributed by atoms with Crippen LogP contribution in [0.4, 0.5) is 5.13 Å². The van der Waals surface area contributed by atoms with Crippen LogP contribution in [0.5, 0.6) is 0 Å². The van der Waals surface area contributed by atoms with E-state index in [1.165, 1.54) is 0 Å². The summed E-state index contributed by atoms with van der Waals surface area (Å²) in [6.45, 7) is 7.17. The first-order valence-electron chi connectivity index (χ1n) is 9.82. The first-order valence-corrected chi connectivity index (χ1v) is 10.7. The monoisotopic (exact) mass is 378 g/mol. The van der Waals surface area contributed by atoms with Crippen LogP contribution in [0.2, 0.25) is 0 Å². The lowest BCUT2D eigenvalue weighted by molar-refractivity contribution is -0.141. The number of aromatic nitrogens is 1. The summed E-state index contributed by atoms with van der Waals surface area (Å²) in [7, 11) is 0. The molecule has 144 valence electrons. The van der Waals surface area contributed by atoms with Crippen molar-refractivity contribution in [3.63, 3.8) is 0 Å². The Labute approximate surface area is 160 Å². The van der Waals surface area contributed by atoms with Gasteiger partial charge in [-0.25, -0.2) is 4.98 Å². The third-order valence-electron chi connectivity index (χ3n) is 5.43. The minimum absolute atomic E-state index is 0.0613. The Morgan fingerprint density at radius 1 is 1.23 bits per heavy atom. The summed E-state index contributed by atoms with van der Waals surface area (Å²) in [5, 5.41) is 6.01. The molecule has 0 aromatic carbocycles. The van der Waals surface area contributed by atoms with Crippen molar-refractivity contribution in [3.8, 4) is 0 Å². The predicted molar refractivity (Wildman–Crippen MR) is 104 cm³/mol. The zero-order valence-corrected chi connectivity index (χ0v) is 16.7. The molecule has 0 spiro atoms. The van der Waals surface area contributed by atoms with Crippen molar-refractivity contribution >= 4 is 28.3 Å². The van der Waals surface area contributed by atoms with Gasteiger partial charge in [0, 0.05) is 49.9 Å². The first kappa shape index (κ1) is 19.1. The number of piperidine rings is 2. The van der Waals surface area contributed by atoms with Crippen LogP contribution in [-0.2, 0) is 9.59 Å². The molecule has 2 fully saturated rings. The maximum absolute atomic E-state index is 13.1. The molecule has 3 rings (SSSR count).